The molecule has 2 N–H and O–H groups in total. The Morgan fingerprint density at radius 2 is 2.38 bits per heavy atom. The predicted molar refractivity (Wildman–Crippen MR) is 66.7 cm³/mol. The number of hydrogen-bond acceptors (Lipinski definition) is 3. The summed E-state index contributed by atoms with van der Waals surface area (Å²) < 4.78 is 0. The molecular formula is C12H17ClN2O. The molecule has 1 atom stereocenters. The normalized spacial score (nSPS) is 20.4. The van der Waals surface area contributed by atoms with E-state index in [0.29, 0.717) is 12.6 Å². The molecule has 1 aromatic rings. The maximum absolute atomic E-state index is 6.04. The summed E-state index contributed by atoms with van der Waals surface area (Å²) in [7, 11) is 0. The first kappa shape index (κ1) is 11.7. The molecule has 4 heteroatoms. The minimum Gasteiger partial charge on any atom is -0.366 e. The van der Waals surface area contributed by atoms with Gasteiger partial charge >= 0.3 is 0 Å². The highest BCUT2D eigenvalue weighted by Crippen LogP contribution is 2.30. The molecule has 0 radical (unpaired) electrons. The van der Waals surface area contributed by atoms with Gasteiger partial charge in [0.2, 0.25) is 0 Å². The molecule has 1 fully saturated rings. The smallest absolute Gasteiger partial charge is 0.0882 e. The largest absolute Gasteiger partial charge is 0.366 e. The molecule has 1 aliphatic heterocycles. The van der Waals surface area contributed by atoms with Gasteiger partial charge in [-0.25, -0.2) is 5.90 Å². The van der Waals surface area contributed by atoms with Crippen LogP contribution in [0.25, 0.3) is 0 Å². The van der Waals surface area contributed by atoms with Crippen LogP contribution >= 0.6 is 11.6 Å². The third-order valence-corrected chi connectivity index (χ3v) is 3.38. The van der Waals surface area contributed by atoms with E-state index in [2.05, 4.69) is 17.9 Å². The summed E-state index contributed by atoms with van der Waals surface area (Å²) in [5.41, 5.74) is 2.44. The molecule has 3 nitrogen and oxygen atoms in total. The Labute approximate surface area is 101 Å². The van der Waals surface area contributed by atoms with Crippen LogP contribution in [0.2, 0.25) is 5.02 Å². The molecule has 0 bridgehead atoms. The van der Waals surface area contributed by atoms with E-state index in [4.69, 9.17) is 22.3 Å². The zero-order valence-electron chi connectivity index (χ0n) is 9.45. The number of halogens is 1. The van der Waals surface area contributed by atoms with E-state index in [1.807, 2.05) is 12.1 Å². The van der Waals surface area contributed by atoms with Crippen molar-refractivity contribution in [2.45, 2.75) is 25.8 Å². The van der Waals surface area contributed by atoms with Gasteiger partial charge in [0, 0.05) is 17.3 Å². The van der Waals surface area contributed by atoms with Gasteiger partial charge in [-0.2, -0.15) is 0 Å². The highest BCUT2D eigenvalue weighted by atomic mass is 35.5. The van der Waals surface area contributed by atoms with Gasteiger partial charge in [-0.1, -0.05) is 17.7 Å². The first-order valence-corrected chi connectivity index (χ1v) is 5.94. The number of nitrogens with zero attached hydrogens (tertiary/aromatic N) is 1. The summed E-state index contributed by atoms with van der Waals surface area (Å²) in [5, 5.41) is 0.778. The predicted octanol–water partition coefficient (Wildman–Crippen LogP) is 2.51. The number of anilines is 1. The summed E-state index contributed by atoms with van der Waals surface area (Å²) >= 11 is 6.04. The zero-order chi connectivity index (χ0) is 11.5. The lowest BCUT2D eigenvalue weighted by atomic mass is 10.1. The number of aryl methyl sites for hydroxylation is 1. The van der Waals surface area contributed by atoms with Crippen LogP contribution in [-0.2, 0) is 4.84 Å². The van der Waals surface area contributed by atoms with Gasteiger partial charge in [0.1, 0.15) is 0 Å². The molecule has 1 heterocycles. The summed E-state index contributed by atoms with van der Waals surface area (Å²) in [6.07, 6.45) is 2.31. The average Bonchev–Trinajstić information content (AvgIpc) is 2.70. The van der Waals surface area contributed by atoms with E-state index < -0.39 is 0 Å². The lowest BCUT2D eigenvalue weighted by Crippen LogP contribution is -2.34. The van der Waals surface area contributed by atoms with Crippen LogP contribution in [0.3, 0.4) is 0 Å². The van der Waals surface area contributed by atoms with Crippen LogP contribution in [-0.4, -0.2) is 19.2 Å². The Morgan fingerprint density at radius 1 is 1.56 bits per heavy atom. The average molecular weight is 241 g/mol. The first-order chi connectivity index (χ1) is 7.72. The quantitative estimate of drug-likeness (QED) is 0.826. The van der Waals surface area contributed by atoms with Gasteiger partial charge in [0.15, 0.2) is 0 Å². The summed E-state index contributed by atoms with van der Waals surface area (Å²) in [5.74, 6) is 5.16. The van der Waals surface area contributed by atoms with E-state index >= 15 is 0 Å². The second-order valence-electron chi connectivity index (χ2n) is 4.25. The van der Waals surface area contributed by atoms with Gasteiger partial charge in [-0.05, 0) is 37.5 Å². The molecule has 2 rings (SSSR count). The molecule has 1 saturated heterocycles. The summed E-state index contributed by atoms with van der Waals surface area (Å²) in [4.78, 5) is 7.11. The zero-order valence-corrected chi connectivity index (χ0v) is 10.2. The van der Waals surface area contributed by atoms with Crippen molar-refractivity contribution in [2.75, 3.05) is 18.1 Å². The minimum absolute atomic E-state index is 0.377. The topological polar surface area (TPSA) is 38.5 Å². The standard InChI is InChI=1S/C12H17ClN2O/c1-9-4-5-10(13)7-12(9)15-6-2-3-11(15)8-16-14/h4-5,7,11H,2-3,6,8,14H2,1H3. The SMILES string of the molecule is Cc1ccc(Cl)cc1N1CCCC1CON. The van der Waals surface area contributed by atoms with Crippen LogP contribution in [0, 0.1) is 6.92 Å². The number of benzene rings is 1. The fourth-order valence-electron chi connectivity index (χ4n) is 2.33. The van der Waals surface area contributed by atoms with Crippen molar-refractivity contribution in [1.29, 1.82) is 0 Å². The van der Waals surface area contributed by atoms with E-state index in [1.54, 1.807) is 0 Å². The maximum atomic E-state index is 6.04. The molecule has 0 aromatic heterocycles. The van der Waals surface area contributed by atoms with Gasteiger partial charge < -0.3 is 9.74 Å². The Balaban J connectivity index is 2.25. The Hall–Kier alpha value is -0.770. The molecule has 0 aliphatic carbocycles. The molecular weight excluding hydrogens is 224 g/mol. The highest BCUT2D eigenvalue weighted by Gasteiger charge is 2.25. The van der Waals surface area contributed by atoms with Crippen molar-refractivity contribution >= 4 is 17.3 Å². The van der Waals surface area contributed by atoms with Gasteiger partial charge in [-0.3, -0.25) is 0 Å². The van der Waals surface area contributed by atoms with Crippen LogP contribution in [0.1, 0.15) is 18.4 Å². The van der Waals surface area contributed by atoms with Crippen LogP contribution in [0.4, 0.5) is 5.69 Å². The van der Waals surface area contributed by atoms with E-state index in [-0.39, 0.29) is 0 Å². The lowest BCUT2D eigenvalue weighted by Gasteiger charge is -2.27. The third kappa shape index (κ3) is 2.32. The van der Waals surface area contributed by atoms with Crippen LogP contribution in [0.5, 0.6) is 0 Å². The summed E-state index contributed by atoms with van der Waals surface area (Å²) in [6, 6.07) is 6.37. The van der Waals surface area contributed by atoms with Gasteiger partial charge in [0.05, 0.1) is 12.6 Å². The van der Waals surface area contributed by atoms with E-state index in [9.17, 15) is 0 Å². The van der Waals surface area contributed by atoms with Crippen LogP contribution in [0.15, 0.2) is 18.2 Å². The first-order valence-electron chi connectivity index (χ1n) is 5.57. The van der Waals surface area contributed by atoms with Crippen molar-refractivity contribution in [3.8, 4) is 0 Å². The fourth-order valence-corrected chi connectivity index (χ4v) is 2.50. The van der Waals surface area contributed by atoms with Crippen LogP contribution < -0.4 is 10.8 Å². The Kier molecular flexibility index (Phi) is 3.69. The molecule has 1 aromatic carbocycles. The summed E-state index contributed by atoms with van der Waals surface area (Å²) in [6.45, 7) is 3.73. The monoisotopic (exact) mass is 240 g/mol. The lowest BCUT2D eigenvalue weighted by molar-refractivity contribution is 0.124. The second kappa shape index (κ2) is 5.04. The maximum Gasteiger partial charge on any atom is 0.0882 e. The third-order valence-electron chi connectivity index (χ3n) is 3.15. The van der Waals surface area contributed by atoms with Gasteiger partial charge in [-0.15, -0.1) is 0 Å². The van der Waals surface area contributed by atoms with E-state index in [0.717, 1.165) is 18.0 Å². The van der Waals surface area contributed by atoms with E-state index in [1.165, 1.54) is 17.7 Å². The van der Waals surface area contributed by atoms with Gasteiger partial charge in [0.25, 0.3) is 0 Å². The molecule has 0 amide bonds. The molecule has 0 spiro atoms. The van der Waals surface area contributed by atoms with Crippen molar-refractivity contribution < 1.29 is 4.84 Å². The molecule has 0 saturated carbocycles. The minimum atomic E-state index is 0.377. The number of hydrogen-bond donors (Lipinski definition) is 1. The molecule has 16 heavy (non-hydrogen) atoms. The molecule has 1 aliphatic rings. The molecule has 88 valence electrons. The Bertz CT molecular complexity index is 370. The van der Waals surface area contributed by atoms with Crippen molar-refractivity contribution in [1.82, 2.24) is 0 Å². The van der Waals surface area contributed by atoms with Crippen molar-refractivity contribution in [3.05, 3.63) is 28.8 Å². The number of nitrogens with two attached hydrogens (primary N) is 1. The highest BCUT2D eigenvalue weighted by molar-refractivity contribution is 6.30. The number of rotatable bonds is 3. The Morgan fingerprint density at radius 3 is 3.12 bits per heavy atom. The van der Waals surface area contributed by atoms with Crippen molar-refractivity contribution in [3.63, 3.8) is 0 Å². The fraction of sp³-hybridized carbons (Fsp3) is 0.500. The van der Waals surface area contributed by atoms with Crippen molar-refractivity contribution in [2.24, 2.45) is 5.90 Å². The second-order valence-corrected chi connectivity index (χ2v) is 4.69. The molecule has 1 unspecified atom stereocenters.